The molecule has 1 unspecified atom stereocenters. The predicted octanol–water partition coefficient (Wildman–Crippen LogP) is 2.34. The van der Waals surface area contributed by atoms with Gasteiger partial charge in [-0.05, 0) is 51.9 Å². The maximum atomic E-state index is 11.7. The average molecular weight is 401 g/mol. The molecule has 0 radical (unpaired) electrons. The topological polar surface area (TPSA) is 64.6 Å². The molecule has 0 aliphatic carbocycles. The van der Waals surface area contributed by atoms with Crippen molar-refractivity contribution in [2.75, 3.05) is 49.1 Å². The number of hydrogen-bond donors (Lipinski definition) is 1. The van der Waals surface area contributed by atoms with Gasteiger partial charge in [0.1, 0.15) is 5.82 Å². The molecule has 7 heteroatoms. The molecule has 1 N–H and O–H groups in total. The smallest absolute Gasteiger partial charge is 0.227 e. The summed E-state index contributed by atoms with van der Waals surface area (Å²) < 4.78 is 0. The Hall–Kier alpha value is -1.89. The van der Waals surface area contributed by atoms with Gasteiger partial charge in [0.15, 0.2) is 0 Å². The van der Waals surface area contributed by atoms with Crippen LogP contribution in [-0.2, 0) is 4.79 Å². The lowest BCUT2D eigenvalue weighted by Crippen LogP contribution is -2.52. The van der Waals surface area contributed by atoms with Crippen LogP contribution in [0.2, 0.25) is 0 Å². The van der Waals surface area contributed by atoms with Crippen molar-refractivity contribution < 1.29 is 4.79 Å². The van der Waals surface area contributed by atoms with Crippen molar-refractivity contribution in [2.45, 2.75) is 70.9 Å². The minimum Gasteiger partial charge on any atom is -0.356 e. The average Bonchev–Trinajstić information content (AvgIpc) is 2.75. The largest absolute Gasteiger partial charge is 0.356 e. The molecule has 3 fully saturated rings. The van der Waals surface area contributed by atoms with Crippen molar-refractivity contribution in [3.63, 3.8) is 0 Å². The van der Waals surface area contributed by atoms with Crippen LogP contribution in [0.15, 0.2) is 6.07 Å². The highest BCUT2D eigenvalue weighted by Crippen LogP contribution is 2.24. The lowest BCUT2D eigenvalue weighted by atomic mass is 10.00. The van der Waals surface area contributed by atoms with Crippen LogP contribution >= 0.6 is 0 Å². The summed E-state index contributed by atoms with van der Waals surface area (Å²) >= 11 is 0. The number of hydrogen-bond acceptors (Lipinski definition) is 6. The van der Waals surface area contributed by atoms with E-state index in [4.69, 9.17) is 9.97 Å². The number of aryl methyl sites for hydroxylation is 1. The summed E-state index contributed by atoms with van der Waals surface area (Å²) in [4.78, 5) is 28.1. The summed E-state index contributed by atoms with van der Waals surface area (Å²) in [5, 5.41) is 3.83. The Morgan fingerprint density at radius 3 is 2.41 bits per heavy atom. The first-order chi connectivity index (χ1) is 14.1. The molecule has 3 aliphatic heterocycles. The third-order valence-corrected chi connectivity index (χ3v) is 6.62. The van der Waals surface area contributed by atoms with Gasteiger partial charge in [-0.2, -0.15) is 4.98 Å². The van der Waals surface area contributed by atoms with E-state index in [-0.39, 0.29) is 5.91 Å². The monoisotopic (exact) mass is 400 g/mol. The number of carbonyl (C=O) groups excluding carboxylic acids is 1. The van der Waals surface area contributed by atoms with Gasteiger partial charge in [-0.25, -0.2) is 4.98 Å². The van der Waals surface area contributed by atoms with E-state index < -0.39 is 0 Å². The molecule has 160 valence electrons. The van der Waals surface area contributed by atoms with E-state index in [0.29, 0.717) is 12.1 Å². The minimum atomic E-state index is 0.204. The van der Waals surface area contributed by atoms with Gasteiger partial charge in [-0.15, -0.1) is 0 Å². The van der Waals surface area contributed by atoms with E-state index in [1.807, 2.05) is 4.90 Å². The van der Waals surface area contributed by atoms with Crippen LogP contribution in [0.4, 0.5) is 11.8 Å². The van der Waals surface area contributed by atoms with Gasteiger partial charge in [-0.1, -0.05) is 0 Å². The van der Waals surface area contributed by atoms with E-state index in [2.05, 4.69) is 28.1 Å². The van der Waals surface area contributed by atoms with Gasteiger partial charge >= 0.3 is 0 Å². The zero-order valence-electron chi connectivity index (χ0n) is 18.1. The number of likely N-dealkylation sites (tertiary alicyclic amines) is 1. The Bertz CT molecular complexity index is 697. The van der Waals surface area contributed by atoms with E-state index in [1.165, 1.54) is 25.7 Å². The molecule has 1 aromatic rings. The molecule has 29 heavy (non-hydrogen) atoms. The molecule has 3 aliphatic rings. The highest BCUT2D eigenvalue weighted by Gasteiger charge is 2.27. The van der Waals surface area contributed by atoms with Crippen molar-refractivity contribution in [3.05, 3.63) is 11.8 Å². The molecule has 1 amide bonds. The van der Waals surface area contributed by atoms with Crippen LogP contribution in [0, 0.1) is 6.92 Å². The lowest BCUT2D eigenvalue weighted by Gasteiger charge is -2.38. The molecular formula is C22H36N6O. The van der Waals surface area contributed by atoms with E-state index >= 15 is 0 Å². The second kappa shape index (κ2) is 9.28. The summed E-state index contributed by atoms with van der Waals surface area (Å²) in [6.07, 6.45) is 8.33. The molecule has 1 atom stereocenters. The fourth-order valence-electron chi connectivity index (χ4n) is 4.94. The highest BCUT2D eigenvalue weighted by molar-refractivity contribution is 5.73. The first-order valence-corrected chi connectivity index (χ1v) is 11.5. The van der Waals surface area contributed by atoms with Gasteiger partial charge in [0.05, 0.1) is 0 Å². The second-order valence-corrected chi connectivity index (χ2v) is 8.95. The number of anilines is 2. The van der Waals surface area contributed by atoms with Crippen LogP contribution in [0.1, 0.15) is 57.6 Å². The SMILES string of the molecule is CC(=O)N1CCCC(NC2CCN(c3cc(C)nc(N4CCCCC4)n3)CC2)C1. The molecule has 7 nitrogen and oxygen atoms in total. The molecule has 3 saturated heterocycles. The summed E-state index contributed by atoms with van der Waals surface area (Å²) in [5.41, 5.74) is 1.06. The van der Waals surface area contributed by atoms with Gasteiger partial charge < -0.3 is 20.0 Å². The number of carbonyl (C=O) groups is 1. The van der Waals surface area contributed by atoms with Crippen LogP contribution in [0.3, 0.4) is 0 Å². The number of nitrogens with zero attached hydrogens (tertiary/aromatic N) is 5. The summed E-state index contributed by atoms with van der Waals surface area (Å²) in [7, 11) is 0. The van der Waals surface area contributed by atoms with E-state index in [9.17, 15) is 4.79 Å². The van der Waals surface area contributed by atoms with Crippen LogP contribution in [-0.4, -0.2) is 72.1 Å². The predicted molar refractivity (Wildman–Crippen MR) is 116 cm³/mol. The van der Waals surface area contributed by atoms with Gasteiger partial charge in [0, 0.05) is 70.0 Å². The molecule has 0 aromatic carbocycles. The first-order valence-electron chi connectivity index (χ1n) is 11.5. The highest BCUT2D eigenvalue weighted by atomic mass is 16.2. The van der Waals surface area contributed by atoms with Gasteiger partial charge in [0.25, 0.3) is 0 Å². The maximum Gasteiger partial charge on any atom is 0.227 e. The number of nitrogens with one attached hydrogen (secondary N) is 1. The van der Waals surface area contributed by atoms with Crippen LogP contribution in [0.25, 0.3) is 0 Å². The minimum absolute atomic E-state index is 0.204. The first kappa shape index (κ1) is 20.4. The molecule has 0 spiro atoms. The quantitative estimate of drug-likeness (QED) is 0.837. The number of amides is 1. The van der Waals surface area contributed by atoms with Crippen LogP contribution < -0.4 is 15.1 Å². The zero-order valence-corrected chi connectivity index (χ0v) is 18.1. The maximum absolute atomic E-state index is 11.7. The summed E-state index contributed by atoms with van der Waals surface area (Å²) in [6, 6.07) is 3.11. The fraction of sp³-hybridized carbons (Fsp3) is 0.773. The normalized spacial score (nSPS) is 24.1. The zero-order chi connectivity index (χ0) is 20.2. The molecule has 1 aromatic heterocycles. The Labute approximate surface area is 174 Å². The summed E-state index contributed by atoms with van der Waals surface area (Å²) in [6.45, 7) is 9.74. The Morgan fingerprint density at radius 2 is 1.69 bits per heavy atom. The number of aromatic nitrogens is 2. The van der Waals surface area contributed by atoms with Crippen molar-refractivity contribution >= 4 is 17.7 Å². The third kappa shape index (κ3) is 5.18. The molecule has 0 saturated carbocycles. The van der Waals surface area contributed by atoms with Gasteiger partial charge in [-0.3, -0.25) is 4.79 Å². The standard InChI is InChI=1S/C22H36N6O/c1-17-15-21(25-22(23-17)27-10-4-3-5-11-27)26-13-8-19(9-14-26)24-20-7-6-12-28(16-20)18(2)29/h15,19-20,24H,3-14,16H2,1-2H3. The van der Waals surface area contributed by atoms with Crippen molar-refractivity contribution in [1.29, 1.82) is 0 Å². The van der Waals surface area contributed by atoms with Crippen molar-refractivity contribution in [2.24, 2.45) is 0 Å². The second-order valence-electron chi connectivity index (χ2n) is 8.95. The van der Waals surface area contributed by atoms with Crippen molar-refractivity contribution in [1.82, 2.24) is 20.2 Å². The van der Waals surface area contributed by atoms with Gasteiger partial charge in [0.2, 0.25) is 11.9 Å². The molecule has 4 heterocycles. The fourth-order valence-corrected chi connectivity index (χ4v) is 4.94. The van der Waals surface area contributed by atoms with Crippen LogP contribution in [0.5, 0.6) is 0 Å². The number of rotatable bonds is 4. The third-order valence-electron chi connectivity index (χ3n) is 6.62. The Morgan fingerprint density at radius 1 is 0.931 bits per heavy atom. The van der Waals surface area contributed by atoms with E-state index in [1.54, 1.807) is 6.92 Å². The molecular weight excluding hydrogens is 364 g/mol. The number of piperidine rings is 3. The molecule has 0 bridgehead atoms. The molecule has 4 rings (SSSR count). The van der Waals surface area contributed by atoms with Crippen molar-refractivity contribution in [3.8, 4) is 0 Å². The Balaban J connectivity index is 1.32. The Kier molecular flexibility index (Phi) is 6.53. The lowest BCUT2D eigenvalue weighted by molar-refractivity contribution is -0.130. The van der Waals surface area contributed by atoms with E-state index in [0.717, 1.165) is 76.0 Å². The summed E-state index contributed by atoms with van der Waals surface area (Å²) in [5.74, 6) is 2.19.